The molecule has 9 heteroatoms. The molecular weight excluding hydrogens is 431 g/mol. The predicted molar refractivity (Wildman–Crippen MR) is 107 cm³/mol. The lowest BCUT2D eigenvalue weighted by Gasteiger charge is -2.38. The Labute approximate surface area is 169 Å². The van der Waals surface area contributed by atoms with Crippen LogP contribution in [0.3, 0.4) is 0 Å². The largest absolute Gasteiger partial charge is 0.346 e. The first-order chi connectivity index (χ1) is 11.0. The molecule has 1 aromatic rings. The molecule has 1 aliphatic heterocycles. The summed E-state index contributed by atoms with van der Waals surface area (Å²) in [6, 6.07) is 8.65. The average molecular weight is 456 g/mol. The van der Waals surface area contributed by atoms with Crippen molar-refractivity contribution in [2.45, 2.75) is 13.0 Å². The van der Waals surface area contributed by atoms with Crippen molar-refractivity contribution in [3.8, 4) is 0 Å². The molecule has 0 bridgehead atoms. The van der Waals surface area contributed by atoms with Crippen LogP contribution >= 0.6 is 40.7 Å². The van der Waals surface area contributed by atoms with Crippen LogP contribution in [-0.2, 0) is 9.59 Å². The minimum Gasteiger partial charge on any atom is -0.346 e. The monoisotopic (exact) mass is 454 g/mol. The average Bonchev–Trinajstić information content (AvgIpc) is 2.59. The molecule has 0 aromatic heterocycles. The standard InChI is InChI=1S/C16H23BrN4O2.2ClH/c1-12(13-2-4-14(17)5-3-13)20-6-8-21(9-7-20)16(23)11-19-15(22)10-18;;/h2-5,12H,6-11,18H2,1H3,(H,19,22);2*1H. The van der Waals surface area contributed by atoms with E-state index in [4.69, 9.17) is 5.73 Å². The summed E-state index contributed by atoms with van der Waals surface area (Å²) in [5, 5.41) is 2.52. The minimum absolute atomic E-state index is 0. The molecule has 3 N–H and O–H groups in total. The highest BCUT2D eigenvalue weighted by atomic mass is 79.9. The second-order valence-electron chi connectivity index (χ2n) is 5.63. The summed E-state index contributed by atoms with van der Waals surface area (Å²) in [4.78, 5) is 27.3. The number of piperazine rings is 1. The number of nitrogens with zero attached hydrogens (tertiary/aromatic N) is 2. The molecule has 1 unspecified atom stereocenters. The van der Waals surface area contributed by atoms with Gasteiger partial charge in [0.25, 0.3) is 0 Å². The van der Waals surface area contributed by atoms with Crippen molar-refractivity contribution >= 4 is 52.6 Å². The molecule has 2 rings (SSSR count). The molecule has 142 valence electrons. The Morgan fingerprint density at radius 1 is 1.16 bits per heavy atom. The SMILES string of the molecule is CC(c1ccc(Br)cc1)N1CCN(C(=O)CNC(=O)CN)CC1.Cl.Cl. The maximum absolute atomic E-state index is 12.0. The number of nitrogens with two attached hydrogens (primary N) is 1. The number of carbonyl (C=O) groups is 2. The Balaban J connectivity index is 0.00000288. The lowest BCUT2D eigenvalue weighted by Crippen LogP contribution is -2.51. The first-order valence-corrected chi connectivity index (χ1v) is 8.54. The Morgan fingerprint density at radius 2 is 1.72 bits per heavy atom. The molecule has 25 heavy (non-hydrogen) atoms. The van der Waals surface area contributed by atoms with E-state index in [1.54, 1.807) is 4.90 Å². The van der Waals surface area contributed by atoms with E-state index in [2.05, 4.69) is 45.2 Å². The van der Waals surface area contributed by atoms with Gasteiger partial charge in [-0.3, -0.25) is 14.5 Å². The van der Waals surface area contributed by atoms with Gasteiger partial charge in [-0.1, -0.05) is 28.1 Å². The summed E-state index contributed by atoms with van der Waals surface area (Å²) in [6.45, 7) is 5.13. The van der Waals surface area contributed by atoms with Gasteiger partial charge in [0.2, 0.25) is 11.8 Å². The van der Waals surface area contributed by atoms with Crippen LogP contribution in [0.2, 0.25) is 0 Å². The van der Waals surface area contributed by atoms with Gasteiger partial charge in [0.1, 0.15) is 0 Å². The normalized spacial score (nSPS) is 15.6. The van der Waals surface area contributed by atoms with Gasteiger partial charge in [0.05, 0.1) is 13.1 Å². The highest BCUT2D eigenvalue weighted by Crippen LogP contribution is 2.23. The van der Waals surface area contributed by atoms with Crippen LogP contribution in [0.1, 0.15) is 18.5 Å². The van der Waals surface area contributed by atoms with Gasteiger partial charge in [-0.2, -0.15) is 0 Å². The van der Waals surface area contributed by atoms with Crippen LogP contribution in [0, 0.1) is 0 Å². The van der Waals surface area contributed by atoms with Gasteiger partial charge in [-0.25, -0.2) is 0 Å². The van der Waals surface area contributed by atoms with Gasteiger partial charge in [0.15, 0.2) is 0 Å². The zero-order valence-electron chi connectivity index (χ0n) is 14.1. The highest BCUT2D eigenvalue weighted by Gasteiger charge is 2.24. The molecule has 1 fully saturated rings. The molecule has 1 aliphatic rings. The Hall–Kier alpha value is -0.860. The first kappa shape index (κ1) is 24.1. The van der Waals surface area contributed by atoms with Crippen LogP contribution in [-0.4, -0.2) is 60.9 Å². The zero-order chi connectivity index (χ0) is 16.8. The van der Waals surface area contributed by atoms with Crippen LogP contribution in [0.5, 0.6) is 0 Å². The van der Waals surface area contributed by atoms with Gasteiger partial charge in [-0.15, -0.1) is 24.8 Å². The van der Waals surface area contributed by atoms with E-state index in [1.165, 1.54) is 5.56 Å². The number of rotatable bonds is 5. The maximum Gasteiger partial charge on any atom is 0.242 e. The van der Waals surface area contributed by atoms with E-state index in [0.717, 1.165) is 17.6 Å². The number of benzene rings is 1. The fourth-order valence-corrected chi connectivity index (χ4v) is 2.93. The van der Waals surface area contributed by atoms with Gasteiger partial charge in [-0.05, 0) is 24.6 Å². The summed E-state index contributed by atoms with van der Waals surface area (Å²) >= 11 is 3.45. The lowest BCUT2D eigenvalue weighted by molar-refractivity contribution is -0.134. The Kier molecular flexibility index (Phi) is 11.3. The molecule has 1 heterocycles. The molecule has 0 radical (unpaired) electrons. The third-order valence-electron chi connectivity index (χ3n) is 4.19. The van der Waals surface area contributed by atoms with E-state index in [9.17, 15) is 9.59 Å². The third-order valence-corrected chi connectivity index (χ3v) is 4.72. The Bertz CT molecular complexity index is 552. The Morgan fingerprint density at radius 3 is 2.24 bits per heavy atom. The molecule has 1 aromatic carbocycles. The van der Waals surface area contributed by atoms with E-state index in [0.29, 0.717) is 19.1 Å². The second-order valence-corrected chi connectivity index (χ2v) is 6.54. The second kappa shape index (κ2) is 11.7. The number of nitrogens with one attached hydrogen (secondary N) is 1. The summed E-state index contributed by atoms with van der Waals surface area (Å²) in [5.41, 5.74) is 6.47. The van der Waals surface area contributed by atoms with Crippen molar-refractivity contribution in [2.24, 2.45) is 5.73 Å². The number of hydrogen-bond donors (Lipinski definition) is 2. The van der Waals surface area contributed by atoms with Crippen LogP contribution in [0.15, 0.2) is 28.7 Å². The third kappa shape index (κ3) is 7.11. The highest BCUT2D eigenvalue weighted by molar-refractivity contribution is 9.10. The molecule has 1 saturated heterocycles. The number of carbonyl (C=O) groups excluding carboxylic acids is 2. The number of halogens is 3. The molecule has 2 amide bonds. The smallest absolute Gasteiger partial charge is 0.242 e. The number of hydrogen-bond acceptors (Lipinski definition) is 4. The summed E-state index contributed by atoms with van der Waals surface area (Å²) in [5.74, 6) is -0.358. The molecule has 0 spiro atoms. The first-order valence-electron chi connectivity index (χ1n) is 7.75. The molecule has 6 nitrogen and oxygen atoms in total. The van der Waals surface area contributed by atoms with Crippen LogP contribution in [0.25, 0.3) is 0 Å². The van der Waals surface area contributed by atoms with Crippen LogP contribution in [0.4, 0.5) is 0 Å². The molecule has 0 saturated carbocycles. The maximum atomic E-state index is 12.0. The molecular formula is C16H25BrCl2N4O2. The van der Waals surface area contributed by atoms with E-state index >= 15 is 0 Å². The van der Waals surface area contributed by atoms with Gasteiger partial charge < -0.3 is 16.0 Å². The van der Waals surface area contributed by atoms with Crippen molar-refractivity contribution in [2.75, 3.05) is 39.3 Å². The van der Waals surface area contributed by atoms with Crippen molar-refractivity contribution < 1.29 is 9.59 Å². The lowest BCUT2D eigenvalue weighted by atomic mass is 10.1. The summed E-state index contributed by atoms with van der Waals surface area (Å²) < 4.78 is 1.07. The fourth-order valence-electron chi connectivity index (χ4n) is 2.67. The van der Waals surface area contributed by atoms with E-state index in [1.807, 2.05) is 12.1 Å². The van der Waals surface area contributed by atoms with Gasteiger partial charge >= 0.3 is 0 Å². The number of amides is 2. The fraction of sp³-hybridized carbons (Fsp3) is 0.500. The van der Waals surface area contributed by atoms with Crippen LogP contribution < -0.4 is 11.1 Å². The van der Waals surface area contributed by atoms with E-state index < -0.39 is 0 Å². The van der Waals surface area contributed by atoms with Crippen molar-refractivity contribution in [1.82, 2.24) is 15.1 Å². The van der Waals surface area contributed by atoms with Gasteiger partial charge in [0, 0.05) is 36.7 Å². The van der Waals surface area contributed by atoms with E-state index in [-0.39, 0.29) is 49.7 Å². The summed E-state index contributed by atoms with van der Waals surface area (Å²) in [6.07, 6.45) is 0. The topological polar surface area (TPSA) is 78.7 Å². The quantitative estimate of drug-likeness (QED) is 0.706. The van der Waals surface area contributed by atoms with Crippen molar-refractivity contribution in [3.63, 3.8) is 0 Å². The van der Waals surface area contributed by atoms with Crippen molar-refractivity contribution in [3.05, 3.63) is 34.3 Å². The zero-order valence-corrected chi connectivity index (χ0v) is 17.3. The predicted octanol–water partition coefficient (Wildman–Crippen LogP) is 1.57. The van der Waals surface area contributed by atoms with Crippen molar-refractivity contribution in [1.29, 1.82) is 0 Å². The summed E-state index contributed by atoms with van der Waals surface area (Å²) in [7, 11) is 0. The molecule has 1 atom stereocenters. The minimum atomic E-state index is -0.305. The molecule has 0 aliphatic carbocycles.